The fourth-order valence-corrected chi connectivity index (χ4v) is 5.04. The lowest BCUT2D eigenvalue weighted by Gasteiger charge is -2.22. The minimum atomic E-state index is -1.28. The Morgan fingerprint density at radius 3 is 2.52 bits per heavy atom. The smallest absolute Gasteiger partial charge is 0.350 e. The van der Waals surface area contributed by atoms with Crippen molar-refractivity contribution in [2.24, 2.45) is 0 Å². The van der Waals surface area contributed by atoms with E-state index >= 15 is 0 Å². The van der Waals surface area contributed by atoms with Crippen LogP contribution >= 0.6 is 11.3 Å². The summed E-state index contributed by atoms with van der Waals surface area (Å²) in [6.07, 6.45) is 2.97. The Balaban J connectivity index is 1.87. The van der Waals surface area contributed by atoms with Gasteiger partial charge >= 0.3 is 11.9 Å². The number of nitro benzene ring substituents is 1. The van der Waals surface area contributed by atoms with Crippen molar-refractivity contribution in [2.45, 2.75) is 13.0 Å². The number of carbonyl (C=O) groups excluding carboxylic acids is 3. The van der Waals surface area contributed by atoms with Gasteiger partial charge in [-0.1, -0.05) is 48.8 Å². The Hall–Kier alpha value is -5.10. The first kappa shape index (κ1) is 27.9. The van der Waals surface area contributed by atoms with Crippen molar-refractivity contribution in [3.63, 3.8) is 0 Å². The van der Waals surface area contributed by atoms with Gasteiger partial charge in [-0.25, -0.2) is 9.78 Å². The zero-order valence-corrected chi connectivity index (χ0v) is 22.1. The normalized spacial score (nSPS) is 16.0. The van der Waals surface area contributed by atoms with E-state index in [2.05, 4.69) is 18.1 Å². The maximum absolute atomic E-state index is 13.4. The maximum Gasteiger partial charge on any atom is 0.350 e. The average molecular weight is 562 g/mol. The highest BCUT2D eigenvalue weighted by Gasteiger charge is 2.48. The highest BCUT2D eigenvalue weighted by atomic mass is 32.1. The summed E-state index contributed by atoms with van der Waals surface area (Å²) in [5, 5.41) is 22.8. The summed E-state index contributed by atoms with van der Waals surface area (Å²) in [6.45, 7) is 8.85. The quantitative estimate of drug-likeness (QED) is 0.0694. The molecule has 2 aromatic carbocycles. The number of aliphatic hydroxyl groups excluding tert-OH is 1. The topological polar surface area (TPSA) is 149 Å². The van der Waals surface area contributed by atoms with E-state index < -0.39 is 34.4 Å². The van der Waals surface area contributed by atoms with Crippen molar-refractivity contribution >= 4 is 45.6 Å². The first-order valence-corrected chi connectivity index (χ1v) is 12.6. The molecule has 40 heavy (non-hydrogen) atoms. The standard InChI is InChI=1S/C28H23N3O8S/c1-4-13-38-20-11-9-17(10-12-20)23(32)21-22(18-7-6-8-19(15-18)31(36)37)30(26(34)24(21)33)28-29-16(3)25(40-28)27(35)39-14-5-2/h4-12,15,22,32H,1-2,13-14H2,3H3/b23-21+. The molecule has 1 aliphatic heterocycles. The largest absolute Gasteiger partial charge is 0.507 e. The molecule has 204 valence electrons. The molecule has 1 N–H and O–H groups in total. The van der Waals surface area contributed by atoms with Gasteiger partial charge in [0.05, 0.1) is 22.2 Å². The number of aliphatic hydroxyl groups is 1. The molecule has 12 heteroatoms. The zero-order chi connectivity index (χ0) is 29.0. The summed E-state index contributed by atoms with van der Waals surface area (Å²) in [5.74, 6) is -2.75. The molecule has 1 atom stereocenters. The van der Waals surface area contributed by atoms with Crippen LogP contribution in [0, 0.1) is 17.0 Å². The number of aromatic nitrogens is 1. The molecule has 0 aliphatic carbocycles. The van der Waals surface area contributed by atoms with Gasteiger partial charge < -0.3 is 14.6 Å². The van der Waals surface area contributed by atoms with Crippen molar-refractivity contribution in [2.75, 3.05) is 18.1 Å². The van der Waals surface area contributed by atoms with Crippen LogP contribution in [0.2, 0.25) is 0 Å². The molecule has 1 saturated heterocycles. The molecule has 0 radical (unpaired) electrons. The monoisotopic (exact) mass is 561 g/mol. The fraction of sp³-hybridized carbons (Fsp3) is 0.143. The van der Waals surface area contributed by atoms with Crippen LogP contribution in [0.15, 0.2) is 79.4 Å². The van der Waals surface area contributed by atoms with Crippen molar-refractivity contribution in [1.82, 2.24) is 4.98 Å². The van der Waals surface area contributed by atoms with Gasteiger partial charge in [0.15, 0.2) is 5.13 Å². The van der Waals surface area contributed by atoms with Crippen LogP contribution in [-0.4, -0.2) is 45.9 Å². The van der Waals surface area contributed by atoms with E-state index in [-0.39, 0.29) is 51.3 Å². The van der Waals surface area contributed by atoms with Crippen LogP contribution in [0.3, 0.4) is 0 Å². The van der Waals surface area contributed by atoms with Crippen molar-refractivity contribution < 1.29 is 33.9 Å². The molecule has 1 aliphatic rings. The highest BCUT2D eigenvalue weighted by molar-refractivity contribution is 7.17. The van der Waals surface area contributed by atoms with E-state index in [0.717, 1.165) is 16.2 Å². The van der Waals surface area contributed by atoms with E-state index in [0.29, 0.717) is 5.75 Å². The van der Waals surface area contributed by atoms with Gasteiger partial charge in [-0.05, 0) is 36.8 Å². The highest BCUT2D eigenvalue weighted by Crippen LogP contribution is 2.44. The predicted octanol–water partition coefficient (Wildman–Crippen LogP) is 4.89. The van der Waals surface area contributed by atoms with Crippen LogP contribution < -0.4 is 9.64 Å². The number of hydrogen-bond acceptors (Lipinski definition) is 10. The van der Waals surface area contributed by atoms with Crippen LogP contribution in [0.5, 0.6) is 5.75 Å². The van der Waals surface area contributed by atoms with Crippen molar-refractivity contribution in [3.05, 3.63) is 111 Å². The number of nitro groups is 1. The summed E-state index contributed by atoms with van der Waals surface area (Å²) >= 11 is 0.819. The van der Waals surface area contributed by atoms with Crippen LogP contribution in [0.1, 0.15) is 32.5 Å². The first-order chi connectivity index (χ1) is 19.2. The van der Waals surface area contributed by atoms with E-state index in [9.17, 15) is 29.6 Å². The van der Waals surface area contributed by atoms with Gasteiger partial charge in [0.2, 0.25) is 0 Å². The molecule has 11 nitrogen and oxygen atoms in total. The summed E-state index contributed by atoms with van der Waals surface area (Å²) in [5.41, 5.74) is 0.0708. The first-order valence-electron chi connectivity index (χ1n) is 11.8. The number of ketones is 1. The molecule has 0 saturated carbocycles. The third kappa shape index (κ3) is 5.38. The lowest BCUT2D eigenvalue weighted by molar-refractivity contribution is -0.384. The number of hydrogen-bond donors (Lipinski definition) is 1. The number of amides is 1. The summed E-state index contributed by atoms with van der Waals surface area (Å²) < 4.78 is 10.5. The minimum absolute atomic E-state index is 0.0196. The molecule has 1 amide bonds. The molecule has 0 spiro atoms. The van der Waals surface area contributed by atoms with Gasteiger partial charge in [-0.15, -0.1) is 0 Å². The van der Waals surface area contributed by atoms with Crippen LogP contribution in [0.4, 0.5) is 10.8 Å². The van der Waals surface area contributed by atoms with Gasteiger partial charge in [0.25, 0.3) is 11.5 Å². The number of carbonyl (C=O) groups is 3. The fourth-order valence-electron chi connectivity index (χ4n) is 4.05. The number of Topliss-reactive ketones (excluding diaryl/α,β-unsaturated/α-hetero) is 1. The predicted molar refractivity (Wildman–Crippen MR) is 147 cm³/mol. The summed E-state index contributed by atoms with van der Waals surface area (Å²) in [7, 11) is 0. The molecule has 1 unspecified atom stereocenters. The number of thiazole rings is 1. The third-order valence-electron chi connectivity index (χ3n) is 5.85. The van der Waals surface area contributed by atoms with Gasteiger partial charge in [-0.3, -0.25) is 24.6 Å². The number of nitrogens with zero attached hydrogens (tertiary/aromatic N) is 3. The number of ether oxygens (including phenoxy) is 2. The molecule has 1 aromatic heterocycles. The average Bonchev–Trinajstić information content (AvgIpc) is 3.46. The van der Waals surface area contributed by atoms with Gasteiger partial charge in [0, 0.05) is 17.7 Å². The number of esters is 1. The molecule has 1 fully saturated rings. The molecule has 3 aromatic rings. The number of rotatable bonds is 10. The molecule has 2 heterocycles. The number of aryl methyl sites for hydroxylation is 1. The zero-order valence-electron chi connectivity index (χ0n) is 21.2. The maximum atomic E-state index is 13.4. The minimum Gasteiger partial charge on any atom is -0.507 e. The lowest BCUT2D eigenvalue weighted by Crippen LogP contribution is -2.29. The molecule has 4 rings (SSSR count). The Kier molecular flexibility index (Phi) is 8.20. The summed E-state index contributed by atoms with van der Waals surface area (Å²) in [4.78, 5) is 55.6. The second kappa shape index (κ2) is 11.7. The number of anilines is 1. The van der Waals surface area contributed by atoms with Crippen molar-refractivity contribution in [3.8, 4) is 5.75 Å². The second-order valence-corrected chi connectivity index (χ2v) is 9.42. The lowest BCUT2D eigenvalue weighted by atomic mass is 9.95. The van der Waals surface area contributed by atoms with E-state index in [4.69, 9.17) is 9.47 Å². The molecular weight excluding hydrogens is 538 g/mol. The number of benzene rings is 2. The SMILES string of the molecule is C=CCOC(=O)c1sc(N2C(=O)C(=O)/C(=C(/O)c3ccc(OCC=C)cc3)C2c2cccc([N+](=O)[O-])c2)nc1C. The van der Waals surface area contributed by atoms with Crippen molar-refractivity contribution in [1.29, 1.82) is 0 Å². The van der Waals surface area contributed by atoms with Crippen LogP contribution in [0.25, 0.3) is 5.76 Å². The van der Waals surface area contributed by atoms with Crippen LogP contribution in [-0.2, 0) is 14.3 Å². The van der Waals surface area contributed by atoms with E-state index in [1.807, 2.05) is 0 Å². The summed E-state index contributed by atoms with van der Waals surface area (Å²) in [6, 6.07) is 10.3. The Labute approximate surface area is 232 Å². The van der Waals surface area contributed by atoms with E-state index in [1.165, 1.54) is 42.5 Å². The van der Waals surface area contributed by atoms with Gasteiger partial charge in [0.1, 0.15) is 29.6 Å². The Morgan fingerprint density at radius 2 is 1.88 bits per heavy atom. The third-order valence-corrected chi connectivity index (χ3v) is 6.98. The molecule has 0 bridgehead atoms. The van der Waals surface area contributed by atoms with E-state index in [1.54, 1.807) is 25.1 Å². The Morgan fingerprint density at radius 1 is 1.18 bits per heavy atom. The van der Waals surface area contributed by atoms with Gasteiger partial charge in [-0.2, -0.15) is 0 Å². The Bertz CT molecular complexity index is 1560. The molecular formula is C28H23N3O8S. The second-order valence-electron chi connectivity index (χ2n) is 8.44. The number of non-ortho nitro benzene ring substituents is 1.